The zero-order chi connectivity index (χ0) is 22.1. The molecule has 1 aromatic heterocycles. The molecule has 1 heterocycles. The van der Waals surface area contributed by atoms with E-state index in [2.05, 4.69) is 0 Å². The Morgan fingerprint density at radius 3 is 2.33 bits per heavy atom. The van der Waals surface area contributed by atoms with E-state index in [4.69, 9.17) is 18.9 Å². The molecule has 0 N–H and O–H groups in total. The summed E-state index contributed by atoms with van der Waals surface area (Å²) in [5.74, 6) is -2.12. The van der Waals surface area contributed by atoms with Crippen LogP contribution >= 0.6 is 0 Å². The number of carbonyl (C=O) groups excluding carboxylic acids is 4. The Hall–Kier alpha value is -3.95. The van der Waals surface area contributed by atoms with Crippen LogP contribution in [-0.4, -0.2) is 49.8 Å². The molecule has 1 aromatic carbocycles. The van der Waals surface area contributed by atoms with Crippen LogP contribution in [-0.2, 0) is 25.7 Å². The standard InChI is InChI=1S/C20H21N2O8/c1-14(23)30-17-9-5-4-8-16(17)19(25)29-13-28-18(24)15-7-6-10-22(11-15)12-27-20(26)21(2)3/h4-11H,12-13H2,1-3H3/q+1. The predicted octanol–water partition coefficient (Wildman–Crippen LogP) is 1.53. The highest BCUT2D eigenvalue weighted by Crippen LogP contribution is 2.19. The Morgan fingerprint density at radius 1 is 0.933 bits per heavy atom. The van der Waals surface area contributed by atoms with E-state index in [1.165, 1.54) is 40.8 Å². The number of hydrogen-bond acceptors (Lipinski definition) is 8. The highest BCUT2D eigenvalue weighted by Gasteiger charge is 2.17. The summed E-state index contributed by atoms with van der Waals surface area (Å²) in [7, 11) is 3.10. The number of rotatable bonds is 7. The average molecular weight is 417 g/mol. The van der Waals surface area contributed by atoms with Gasteiger partial charge in [0.15, 0.2) is 12.4 Å². The Balaban J connectivity index is 1.91. The highest BCUT2D eigenvalue weighted by atomic mass is 16.7. The van der Waals surface area contributed by atoms with Crippen molar-refractivity contribution in [3.8, 4) is 5.75 Å². The maximum Gasteiger partial charge on any atom is 0.414 e. The van der Waals surface area contributed by atoms with Crippen molar-refractivity contribution < 1.29 is 42.7 Å². The minimum atomic E-state index is -0.821. The minimum Gasteiger partial charge on any atom is -0.426 e. The second-order valence-electron chi connectivity index (χ2n) is 6.11. The molecule has 30 heavy (non-hydrogen) atoms. The molecule has 0 saturated carbocycles. The molecule has 1 amide bonds. The van der Waals surface area contributed by atoms with Crippen LogP contribution in [0.25, 0.3) is 0 Å². The number of aromatic nitrogens is 1. The van der Waals surface area contributed by atoms with Crippen molar-refractivity contribution in [3.63, 3.8) is 0 Å². The van der Waals surface area contributed by atoms with E-state index < -0.39 is 30.8 Å². The third-order valence-electron chi connectivity index (χ3n) is 3.54. The van der Waals surface area contributed by atoms with Crippen molar-refractivity contribution in [2.75, 3.05) is 20.9 Å². The van der Waals surface area contributed by atoms with Crippen molar-refractivity contribution in [1.82, 2.24) is 4.90 Å². The maximum absolute atomic E-state index is 12.2. The number of pyridine rings is 1. The third kappa shape index (κ3) is 6.59. The number of ether oxygens (including phenoxy) is 4. The Morgan fingerprint density at radius 2 is 1.63 bits per heavy atom. The molecular formula is C20H21N2O8+. The summed E-state index contributed by atoms with van der Waals surface area (Å²) >= 11 is 0. The number of para-hydroxylation sites is 1. The SMILES string of the molecule is CC(=O)Oc1ccccc1C(=O)OCOC(=O)c1ccc[n+](COC(=O)N(C)C)c1. The van der Waals surface area contributed by atoms with Gasteiger partial charge in [-0.2, -0.15) is 4.57 Å². The maximum atomic E-state index is 12.2. The van der Waals surface area contributed by atoms with Gasteiger partial charge >= 0.3 is 24.0 Å². The Labute approximate surface area is 172 Å². The summed E-state index contributed by atoms with van der Waals surface area (Å²) in [6.45, 7) is 0.466. The second kappa shape index (κ2) is 10.6. The summed E-state index contributed by atoms with van der Waals surface area (Å²) in [4.78, 5) is 48.2. The lowest BCUT2D eigenvalue weighted by Gasteiger charge is -2.10. The second-order valence-corrected chi connectivity index (χ2v) is 6.11. The summed E-state index contributed by atoms with van der Waals surface area (Å²) in [6, 6.07) is 9.08. The molecule has 0 aliphatic rings. The molecule has 0 bridgehead atoms. The van der Waals surface area contributed by atoms with E-state index in [0.717, 1.165) is 0 Å². The van der Waals surface area contributed by atoms with Crippen molar-refractivity contribution >= 4 is 24.0 Å². The molecule has 0 atom stereocenters. The van der Waals surface area contributed by atoms with Gasteiger partial charge < -0.3 is 23.8 Å². The van der Waals surface area contributed by atoms with Crippen LogP contribution in [0.4, 0.5) is 4.79 Å². The zero-order valence-electron chi connectivity index (χ0n) is 16.7. The molecule has 0 aliphatic heterocycles. The normalized spacial score (nSPS) is 9.97. The van der Waals surface area contributed by atoms with E-state index in [1.807, 2.05) is 0 Å². The largest absolute Gasteiger partial charge is 0.426 e. The van der Waals surface area contributed by atoms with E-state index >= 15 is 0 Å². The van der Waals surface area contributed by atoms with Gasteiger partial charge in [-0.05, 0) is 18.2 Å². The summed E-state index contributed by atoms with van der Waals surface area (Å²) in [6.07, 6.45) is 2.49. The minimum absolute atomic E-state index is 0.0176. The molecule has 2 rings (SSSR count). The molecule has 158 valence electrons. The molecule has 0 fully saturated rings. The van der Waals surface area contributed by atoms with Crippen LogP contribution in [0.2, 0.25) is 0 Å². The number of benzene rings is 1. The van der Waals surface area contributed by atoms with Crippen molar-refractivity contribution in [1.29, 1.82) is 0 Å². The molecule has 0 aliphatic carbocycles. The van der Waals surface area contributed by atoms with Gasteiger partial charge in [-0.3, -0.25) is 4.79 Å². The summed E-state index contributed by atoms with van der Waals surface area (Å²) in [5, 5.41) is 0. The number of carbonyl (C=O) groups is 4. The smallest absolute Gasteiger partial charge is 0.414 e. The fourth-order valence-electron chi connectivity index (χ4n) is 2.16. The van der Waals surface area contributed by atoms with Gasteiger partial charge in [0.1, 0.15) is 16.9 Å². The fourth-order valence-corrected chi connectivity index (χ4v) is 2.16. The van der Waals surface area contributed by atoms with E-state index in [1.54, 1.807) is 38.5 Å². The molecule has 10 nitrogen and oxygen atoms in total. The molecule has 2 aromatic rings. The predicted molar refractivity (Wildman–Crippen MR) is 100 cm³/mol. The fraction of sp³-hybridized carbons (Fsp3) is 0.250. The van der Waals surface area contributed by atoms with Crippen molar-refractivity contribution in [2.24, 2.45) is 0 Å². The lowest BCUT2D eigenvalue weighted by molar-refractivity contribution is -0.727. The van der Waals surface area contributed by atoms with Gasteiger partial charge in [0.05, 0.1) is 0 Å². The van der Waals surface area contributed by atoms with Crippen LogP contribution in [0.1, 0.15) is 27.6 Å². The topological polar surface area (TPSA) is 112 Å². The van der Waals surface area contributed by atoms with Crippen LogP contribution in [0.15, 0.2) is 48.8 Å². The lowest BCUT2D eigenvalue weighted by atomic mass is 10.2. The van der Waals surface area contributed by atoms with E-state index in [9.17, 15) is 19.2 Å². The van der Waals surface area contributed by atoms with Gasteiger partial charge in [-0.25, -0.2) is 14.4 Å². The van der Waals surface area contributed by atoms with Crippen LogP contribution < -0.4 is 9.30 Å². The van der Waals surface area contributed by atoms with Gasteiger partial charge in [-0.15, -0.1) is 0 Å². The third-order valence-corrected chi connectivity index (χ3v) is 3.54. The molecular weight excluding hydrogens is 396 g/mol. The zero-order valence-corrected chi connectivity index (χ0v) is 16.7. The van der Waals surface area contributed by atoms with Gasteiger partial charge in [0.2, 0.25) is 6.79 Å². The van der Waals surface area contributed by atoms with Gasteiger partial charge in [-0.1, -0.05) is 12.1 Å². The molecule has 0 spiro atoms. The number of nitrogens with zero attached hydrogens (tertiary/aromatic N) is 2. The van der Waals surface area contributed by atoms with E-state index in [0.29, 0.717) is 0 Å². The first kappa shape index (κ1) is 22.3. The van der Waals surface area contributed by atoms with Crippen molar-refractivity contribution in [3.05, 3.63) is 59.9 Å². The molecule has 10 heteroatoms. The summed E-state index contributed by atoms with van der Waals surface area (Å²) in [5.41, 5.74) is 0.179. The Kier molecular flexibility index (Phi) is 7.86. The molecule has 0 saturated heterocycles. The number of amides is 1. The molecule has 0 unspecified atom stereocenters. The van der Waals surface area contributed by atoms with Crippen LogP contribution in [0.5, 0.6) is 5.75 Å². The summed E-state index contributed by atoms with van der Waals surface area (Å²) < 4.78 is 21.3. The first-order valence-corrected chi connectivity index (χ1v) is 8.73. The quantitative estimate of drug-likeness (QED) is 0.289. The highest BCUT2D eigenvalue weighted by molar-refractivity contribution is 5.93. The average Bonchev–Trinajstić information content (AvgIpc) is 2.71. The van der Waals surface area contributed by atoms with Gasteiger partial charge in [0.25, 0.3) is 6.73 Å². The first-order valence-electron chi connectivity index (χ1n) is 8.73. The van der Waals surface area contributed by atoms with Crippen molar-refractivity contribution in [2.45, 2.75) is 13.7 Å². The Bertz CT molecular complexity index is 942. The number of hydrogen-bond donors (Lipinski definition) is 0. The monoisotopic (exact) mass is 417 g/mol. The first-order chi connectivity index (χ1) is 14.3. The number of esters is 3. The molecule has 0 radical (unpaired) electrons. The van der Waals surface area contributed by atoms with E-state index in [-0.39, 0.29) is 23.6 Å². The van der Waals surface area contributed by atoms with Crippen LogP contribution in [0.3, 0.4) is 0 Å². The lowest BCUT2D eigenvalue weighted by Crippen LogP contribution is -2.38. The van der Waals surface area contributed by atoms with Gasteiger partial charge in [0, 0.05) is 27.1 Å². The van der Waals surface area contributed by atoms with Crippen LogP contribution in [0, 0.1) is 0 Å².